The van der Waals surface area contributed by atoms with Gasteiger partial charge in [0.05, 0.1) is 0 Å². The van der Waals surface area contributed by atoms with Gasteiger partial charge in [-0.15, -0.1) is 0 Å². The van der Waals surface area contributed by atoms with E-state index in [2.05, 4.69) is 57.7 Å². The number of nitrogens with one attached hydrogen (secondary N) is 1. The summed E-state index contributed by atoms with van der Waals surface area (Å²) in [5.41, 5.74) is 4.61. The summed E-state index contributed by atoms with van der Waals surface area (Å²) in [6, 6.07) is 14.5. The van der Waals surface area contributed by atoms with Crippen molar-refractivity contribution in [1.29, 1.82) is 0 Å². The summed E-state index contributed by atoms with van der Waals surface area (Å²) < 4.78 is 0. The van der Waals surface area contributed by atoms with Crippen LogP contribution in [0.4, 0.5) is 0 Å². The van der Waals surface area contributed by atoms with Crippen LogP contribution in [-0.4, -0.2) is 21.0 Å². The van der Waals surface area contributed by atoms with E-state index in [9.17, 15) is 4.79 Å². The maximum atomic E-state index is 12.5. The Bertz CT molecular complexity index is 945. The largest absolute Gasteiger partial charge is 0.292 e. The topological polar surface area (TPSA) is 58.6 Å². The first kappa shape index (κ1) is 15.3. The Hall–Kier alpha value is -3.01. The van der Waals surface area contributed by atoms with Crippen molar-refractivity contribution in [3.63, 3.8) is 0 Å². The van der Waals surface area contributed by atoms with Crippen molar-refractivity contribution in [2.24, 2.45) is 5.92 Å². The van der Waals surface area contributed by atoms with E-state index in [0.29, 0.717) is 5.69 Å². The molecule has 5 rings (SSSR count). The summed E-state index contributed by atoms with van der Waals surface area (Å²) >= 11 is 0. The number of hydrogen-bond acceptors (Lipinski definition) is 3. The highest BCUT2D eigenvalue weighted by Crippen LogP contribution is 2.42. The summed E-state index contributed by atoms with van der Waals surface area (Å²) in [6.45, 7) is 0. The quantitative estimate of drug-likeness (QED) is 0.731. The van der Waals surface area contributed by atoms with E-state index in [-0.39, 0.29) is 17.1 Å². The molecule has 1 unspecified atom stereocenters. The lowest BCUT2D eigenvalue weighted by Crippen LogP contribution is -2.30. The van der Waals surface area contributed by atoms with Crippen LogP contribution in [0, 0.1) is 5.92 Å². The number of hydrogen-bond donors (Lipinski definition) is 1. The molecule has 0 amide bonds. The third-order valence-corrected chi connectivity index (χ3v) is 5.52. The van der Waals surface area contributed by atoms with E-state index >= 15 is 0 Å². The molecule has 2 heterocycles. The van der Waals surface area contributed by atoms with Crippen molar-refractivity contribution < 1.29 is 4.79 Å². The minimum atomic E-state index is -0.311. The normalized spacial score (nSPS) is 21.4. The standard InChI is InChI=1S/C22H19N3O/c26-21(15-8-9-15)20-18-10-11-22(13-19(18)24-25-20,16-5-2-1-3-6-16)17-7-4-12-23-14-17/h1-7,10-12,14-15H,8-9,13H2,(H,24,25). The molecule has 0 bridgehead atoms. The Morgan fingerprint density at radius 3 is 2.62 bits per heavy atom. The summed E-state index contributed by atoms with van der Waals surface area (Å²) in [7, 11) is 0. The molecule has 4 nitrogen and oxygen atoms in total. The molecule has 1 atom stereocenters. The molecule has 4 heteroatoms. The van der Waals surface area contributed by atoms with E-state index in [1.54, 1.807) is 6.20 Å². The van der Waals surface area contributed by atoms with E-state index in [4.69, 9.17) is 0 Å². The molecule has 1 fully saturated rings. The number of aromatic nitrogens is 3. The van der Waals surface area contributed by atoms with E-state index in [1.807, 2.05) is 18.3 Å². The highest BCUT2D eigenvalue weighted by Gasteiger charge is 2.39. The zero-order valence-electron chi connectivity index (χ0n) is 14.4. The molecule has 128 valence electrons. The van der Waals surface area contributed by atoms with Crippen molar-refractivity contribution in [2.45, 2.75) is 24.7 Å². The molecule has 3 aromatic rings. The Morgan fingerprint density at radius 2 is 1.88 bits per heavy atom. The number of ketones is 1. The average molecular weight is 341 g/mol. The molecular formula is C22H19N3O. The number of pyridine rings is 1. The lowest BCUT2D eigenvalue weighted by molar-refractivity contribution is 0.0962. The van der Waals surface area contributed by atoms with Crippen LogP contribution < -0.4 is 0 Å². The summed E-state index contributed by atoms with van der Waals surface area (Å²) in [5.74, 6) is 0.357. The van der Waals surface area contributed by atoms with E-state index in [1.165, 1.54) is 5.56 Å². The van der Waals surface area contributed by atoms with Gasteiger partial charge in [0.15, 0.2) is 5.78 Å². The van der Waals surface area contributed by atoms with Crippen LogP contribution >= 0.6 is 0 Å². The number of allylic oxidation sites excluding steroid dienone is 1. The van der Waals surface area contributed by atoms with Crippen LogP contribution in [0.5, 0.6) is 0 Å². The van der Waals surface area contributed by atoms with Gasteiger partial charge in [-0.1, -0.05) is 48.6 Å². The summed E-state index contributed by atoms with van der Waals surface area (Å²) in [6.07, 6.45) is 10.7. The van der Waals surface area contributed by atoms with Crippen molar-refractivity contribution >= 4 is 11.9 Å². The number of aromatic amines is 1. The number of nitrogens with zero attached hydrogens (tertiary/aromatic N) is 2. The zero-order chi connectivity index (χ0) is 17.6. The monoisotopic (exact) mass is 341 g/mol. The predicted molar refractivity (Wildman–Crippen MR) is 99.8 cm³/mol. The summed E-state index contributed by atoms with van der Waals surface area (Å²) in [4.78, 5) is 16.9. The smallest absolute Gasteiger partial charge is 0.186 e. The lowest BCUT2D eigenvalue weighted by atomic mass is 9.69. The summed E-state index contributed by atoms with van der Waals surface area (Å²) in [5, 5.41) is 7.51. The fourth-order valence-corrected chi connectivity index (χ4v) is 3.92. The Labute approximate surface area is 152 Å². The van der Waals surface area contributed by atoms with Gasteiger partial charge in [-0.25, -0.2) is 0 Å². The SMILES string of the molecule is O=C(c1n[nH]c2c1C=CC(c1ccccc1)(c1cccnc1)C2)C1CC1. The Kier molecular flexibility index (Phi) is 3.38. The van der Waals surface area contributed by atoms with Gasteiger partial charge in [-0.05, 0) is 30.0 Å². The van der Waals surface area contributed by atoms with Gasteiger partial charge in [-0.2, -0.15) is 5.10 Å². The molecule has 2 aromatic heterocycles. The van der Waals surface area contributed by atoms with Gasteiger partial charge < -0.3 is 0 Å². The minimum Gasteiger partial charge on any atom is -0.292 e. The second-order valence-electron chi connectivity index (χ2n) is 7.19. The molecule has 1 aromatic carbocycles. The fraction of sp³-hybridized carbons (Fsp3) is 0.227. The maximum absolute atomic E-state index is 12.5. The number of Topliss-reactive ketones (excluding diaryl/α,β-unsaturated/α-hetero) is 1. The molecule has 0 radical (unpaired) electrons. The van der Waals surface area contributed by atoms with Gasteiger partial charge >= 0.3 is 0 Å². The van der Waals surface area contributed by atoms with Crippen LogP contribution in [0.15, 0.2) is 60.9 Å². The fourth-order valence-electron chi connectivity index (χ4n) is 3.92. The number of benzene rings is 1. The third kappa shape index (κ3) is 2.33. The first-order valence-corrected chi connectivity index (χ1v) is 9.05. The van der Waals surface area contributed by atoms with Gasteiger partial charge in [0.1, 0.15) is 5.69 Å². The molecule has 0 aliphatic heterocycles. The van der Waals surface area contributed by atoms with Crippen LogP contribution in [0.25, 0.3) is 6.08 Å². The van der Waals surface area contributed by atoms with E-state index in [0.717, 1.165) is 36.1 Å². The zero-order valence-corrected chi connectivity index (χ0v) is 14.4. The van der Waals surface area contributed by atoms with Crippen LogP contribution in [-0.2, 0) is 11.8 Å². The van der Waals surface area contributed by atoms with Gasteiger partial charge in [0, 0.05) is 41.4 Å². The lowest BCUT2D eigenvalue weighted by Gasteiger charge is -2.34. The van der Waals surface area contributed by atoms with Crippen molar-refractivity contribution in [3.05, 3.63) is 89.0 Å². The van der Waals surface area contributed by atoms with Crippen molar-refractivity contribution in [2.75, 3.05) is 0 Å². The highest BCUT2D eigenvalue weighted by atomic mass is 16.1. The highest BCUT2D eigenvalue weighted by molar-refractivity contribution is 6.01. The maximum Gasteiger partial charge on any atom is 0.186 e. The first-order chi connectivity index (χ1) is 12.8. The molecule has 0 saturated heterocycles. The molecule has 1 saturated carbocycles. The number of rotatable bonds is 4. The van der Waals surface area contributed by atoms with Crippen molar-refractivity contribution in [3.8, 4) is 0 Å². The number of fused-ring (bicyclic) bond motifs is 1. The molecule has 26 heavy (non-hydrogen) atoms. The van der Waals surface area contributed by atoms with Gasteiger partial charge in [-0.3, -0.25) is 14.9 Å². The Balaban J connectivity index is 1.63. The number of carbonyl (C=O) groups excluding carboxylic acids is 1. The van der Waals surface area contributed by atoms with Crippen LogP contribution in [0.3, 0.4) is 0 Å². The molecule has 1 N–H and O–H groups in total. The van der Waals surface area contributed by atoms with Gasteiger partial charge in [0.2, 0.25) is 0 Å². The number of H-pyrrole nitrogens is 1. The minimum absolute atomic E-state index is 0.176. The van der Waals surface area contributed by atoms with E-state index < -0.39 is 0 Å². The third-order valence-electron chi connectivity index (χ3n) is 5.52. The molecule has 0 spiro atoms. The Morgan fingerprint density at radius 1 is 1.08 bits per heavy atom. The van der Waals surface area contributed by atoms with Gasteiger partial charge in [0.25, 0.3) is 0 Å². The second kappa shape index (κ2) is 5.77. The molecule has 2 aliphatic carbocycles. The van der Waals surface area contributed by atoms with Crippen LogP contribution in [0.2, 0.25) is 0 Å². The first-order valence-electron chi connectivity index (χ1n) is 9.05. The van der Waals surface area contributed by atoms with Crippen LogP contribution in [0.1, 0.15) is 45.7 Å². The predicted octanol–water partition coefficient (Wildman–Crippen LogP) is 3.95. The van der Waals surface area contributed by atoms with Crippen molar-refractivity contribution in [1.82, 2.24) is 15.2 Å². The average Bonchev–Trinajstić information content (AvgIpc) is 3.48. The molecular weight excluding hydrogens is 322 g/mol. The number of carbonyl (C=O) groups is 1. The molecule has 2 aliphatic rings. The second-order valence-corrected chi connectivity index (χ2v) is 7.19.